The maximum Gasteiger partial charge on any atom is 0.271 e. The molecule has 0 bridgehead atoms. The average Bonchev–Trinajstić information content (AvgIpc) is 3.55. The van der Waals surface area contributed by atoms with Gasteiger partial charge in [0.15, 0.2) is 4.80 Å². The second-order valence-corrected chi connectivity index (χ2v) is 13.1. The molecule has 11 heteroatoms. The van der Waals surface area contributed by atoms with Crippen LogP contribution in [0.4, 0.5) is 11.4 Å². The van der Waals surface area contributed by atoms with Gasteiger partial charge in [-0.15, -0.1) is 0 Å². The van der Waals surface area contributed by atoms with Crippen molar-refractivity contribution in [3.8, 4) is 11.5 Å². The van der Waals surface area contributed by atoms with Crippen LogP contribution in [0.25, 0.3) is 5.57 Å². The minimum atomic E-state index is -0.918. The summed E-state index contributed by atoms with van der Waals surface area (Å²) in [5.74, 6) is 0.285. The van der Waals surface area contributed by atoms with Crippen LogP contribution in [0.5, 0.6) is 11.5 Å². The molecule has 0 saturated carbocycles. The van der Waals surface area contributed by atoms with E-state index in [9.17, 15) is 14.4 Å². The van der Waals surface area contributed by atoms with Crippen molar-refractivity contribution in [2.24, 2.45) is 4.99 Å². The molecule has 4 aromatic carbocycles. The van der Waals surface area contributed by atoms with Crippen LogP contribution in [0, 0.1) is 0 Å². The van der Waals surface area contributed by atoms with Crippen molar-refractivity contribution in [1.29, 1.82) is 0 Å². The zero-order chi connectivity index (χ0) is 33.5. The van der Waals surface area contributed by atoms with Crippen LogP contribution in [0.15, 0.2) is 123 Å². The summed E-state index contributed by atoms with van der Waals surface area (Å²) in [6.07, 6.45) is 0. The van der Waals surface area contributed by atoms with Crippen LogP contribution in [0.2, 0.25) is 0 Å². The van der Waals surface area contributed by atoms with Gasteiger partial charge in [0.05, 0.1) is 43.3 Å². The molecule has 0 spiro atoms. The Morgan fingerprint density at radius 1 is 0.938 bits per heavy atom. The fourth-order valence-electron chi connectivity index (χ4n) is 6.17. The summed E-state index contributed by atoms with van der Waals surface area (Å²) in [7, 11) is 3.08. The average molecular weight is 722 g/mol. The molecule has 1 aromatic heterocycles. The van der Waals surface area contributed by atoms with Crippen LogP contribution < -0.4 is 34.6 Å². The third-order valence-electron chi connectivity index (χ3n) is 8.40. The first kappa shape index (κ1) is 31.3. The lowest BCUT2D eigenvalue weighted by Crippen LogP contribution is -2.41. The molecule has 2 amide bonds. The zero-order valence-corrected chi connectivity index (χ0v) is 28.6. The number of thiazole rings is 1. The Labute approximate surface area is 288 Å². The monoisotopic (exact) mass is 720 g/mol. The van der Waals surface area contributed by atoms with Gasteiger partial charge in [-0.3, -0.25) is 19.0 Å². The van der Waals surface area contributed by atoms with E-state index in [-0.39, 0.29) is 16.0 Å². The van der Waals surface area contributed by atoms with E-state index in [2.05, 4.69) is 21.2 Å². The molecular formula is C37H29BrN4O5S. The van der Waals surface area contributed by atoms with Crippen LogP contribution >= 0.6 is 27.3 Å². The number of anilines is 2. The molecule has 0 fully saturated rings. The van der Waals surface area contributed by atoms with Crippen LogP contribution in [0.3, 0.4) is 0 Å². The number of para-hydroxylation sites is 1. The van der Waals surface area contributed by atoms with Crippen LogP contribution in [-0.4, -0.2) is 30.6 Å². The van der Waals surface area contributed by atoms with E-state index in [1.165, 1.54) is 11.7 Å². The fourth-order valence-corrected chi connectivity index (χ4v) is 7.66. The van der Waals surface area contributed by atoms with Gasteiger partial charge in [-0.25, -0.2) is 4.99 Å². The molecule has 9 nitrogen and oxygen atoms in total. The Morgan fingerprint density at radius 2 is 1.67 bits per heavy atom. The molecular weight excluding hydrogens is 692 g/mol. The first-order chi connectivity index (χ1) is 23.3. The summed E-state index contributed by atoms with van der Waals surface area (Å²) >= 11 is 4.69. The normalized spacial score (nSPS) is 16.3. The number of allylic oxidation sites excluding steroid dienone is 1. The lowest BCUT2D eigenvalue weighted by atomic mass is 9.94. The predicted octanol–water partition coefficient (Wildman–Crippen LogP) is 5.57. The Hall–Kier alpha value is -5.26. The van der Waals surface area contributed by atoms with Crippen molar-refractivity contribution in [2.45, 2.75) is 19.5 Å². The van der Waals surface area contributed by atoms with Crippen LogP contribution in [-0.2, 0) is 16.1 Å². The standard InChI is InChI=1S/C37H29BrN4O5S/c1-21-30(34(43)40-24-12-8-5-9-13-24)32(26-16-15-25(46-2)19-29(26)47-3)42-36(45)33(48-37(42)39-21)31-27-18-23(38)14-17-28(27)41(35(31)44)20-22-10-6-4-7-11-22/h4-19,32H,20H2,1-3H3,(H,40,43)/b33-31-/t32-/m0/s1. The van der Waals surface area contributed by atoms with E-state index in [1.807, 2.05) is 66.7 Å². The number of benzene rings is 4. The van der Waals surface area contributed by atoms with E-state index in [0.717, 1.165) is 21.4 Å². The number of aromatic nitrogens is 1. The molecule has 2 aliphatic heterocycles. The van der Waals surface area contributed by atoms with Gasteiger partial charge < -0.3 is 19.7 Å². The highest BCUT2D eigenvalue weighted by atomic mass is 79.9. The number of halogens is 1. The first-order valence-corrected chi connectivity index (χ1v) is 16.7. The van der Waals surface area contributed by atoms with Gasteiger partial charge in [0.2, 0.25) is 0 Å². The molecule has 0 unspecified atom stereocenters. The van der Waals surface area contributed by atoms with Gasteiger partial charge in [-0.05, 0) is 55.0 Å². The molecule has 0 radical (unpaired) electrons. The minimum Gasteiger partial charge on any atom is -0.497 e. The van der Waals surface area contributed by atoms with Gasteiger partial charge in [-0.2, -0.15) is 0 Å². The summed E-state index contributed by atoms with van der Waals surface area (Å²) in [4.78, 5) is 49.9. The lowest BCUT2D eigenvalue weighted by molar-refractivity contribution is -0.114. The maximum atomic E-state index is 14.7. The van der Waals surface area contributed by atoms with Crippen molar-refractivity contribution in [1.82, 2.24) is 4.57 Å². The summed E-state index contributed by atoms with van der Waals surface area (Å²) < 4.78 is 13.7. The summed E-state index contributed by atoms with van der Waals surface area (Å²) in [5.41, 5.74) is 4.05. The molecule has 2 aliphatic rings. The van der Waals surface area contributed by atoms with Crippen molar-refractivity contribution in [2.75, 3.05) is 24.4 Å². The summed E-state index contributed by atoms with van der Waals surface area (Å²) in [6, 6.07) is 28.8. The van der Waals surface area contributed by atoms with Crippen molar-refractivity contribution in [3.63, 3.8) is 0 Å². The van der Waals surface area contributed by atoms with E-state index in [1.54, 1.807) is 49.3 Å². The third kappa shape index (κ3) is 5.44. The predicted molar refractivity (Wildman–Crippen MR) is 189 cm³/mol. The Bertz CT molecular complexity index is 2320. The van der Waals surface area contributed by atoms with Crippen LogP contribution in [0.1, 0.15) is 29.7 Å². The number of rotatable bonds is 7. The first-order valence-electron chi connectivity index (χ1n) is 15.1. The highest BCUT2D eigenvalue weighted by Gasteiger charge is 2.38. The van der Waals surface area contributed by atoms with Crippen molar-refractivity contribution in [3.05, 3.63) is 149 Å². The molecule has 5 aromatic rings. The SMILES string of the molecule is COc1ccc([C@H]2C(C(=O)Nc3ccccc3)=C(C)N=c3s/c(=C4\C(=O)N(Cc5ccccc5)c5ccc(Br)cc54)c(=O)n32)c(OC)c1. The van der Waals surface area contributed by atoms with E-state index < -0.39 is 17.5 Å². The van der Waals surface area contributed by atoms with Gasteiger partial charge in [0, 0.05) is 27.4 Å². The number of ether oxygens (including phenoxy) is 2. The second-order valence-electron chi connectivity index (χ2n) is 11.2. The largest absolute Gasteiger partial charge is 0.497 e. The minimum absolute atomic E-state index is 0.239. The molecule has 240 valence electrons. The maximum absolute atomic E-state index is 14.7. The number of hydrogen-bond donors (Lipinski definition) is 1. The smallest absolute Gasteiger partial charge is 0.271 e. The summed E-state index contributed by atoms with van der Waals surface area (Å²) in [6.45, 7) is 2.09. The quantitative estimate of drug-likeness (QED) is 0.237. The van der Waals surface area contributed by atoms with Crippen molar-refractivity contribution >= 4 is 56.0 Å². The van der Waals surface area contributed by atoms with Crippen molar-refractivity contribution < 1.29 is 19.1 Å². The zero-order valence-electron chi connectivity index (χ0n) is 26.2. The highest BCUT2D eigenvalue weighted by molar-refractivity contribution is 9.10. The highest BCUT2D eigenvalue weighted by Crippen LogP contribution is 2.40. The topological polar surface area (TPSA) is 102 Å². The Morgan fingerprint density at radius 3 is 2.38 bits per heavy atom. The molecule has 1 N–H and O–H groups in total. The Balaban J connectivity index is 1.45. The number of methoxy groups -OCH3 is 2. The number of carbonyl (C=O) groups excluding carboxylic acids is 2. The number of nitrogens with one attached hydrogen (secondary N) is 1. The van der Waals surface area contributed by atoms with E-state index in [4.69, 9.17) is 14.5 Å². The molecule has 7 rings (SSSR count). The number of carbonyl (C=O) groups is 2. The number of amides is 2. The third-order valence-corrected chi connectivity index (χ3v) is 9.94. The van der Waals surface area contributed by atoms with Gasteiger partial charge in [-0.1, -0.05) is 75.8 Å². The van der Waals surface area contributed by atoms with Gasteiger partial charge in [0.1, 0.15) is 22.1 Å². The molecule has 48 heavy (non-hydrogen) atoms. The number of hydrogen-bond acceptors (Lipinski definition) is 7. The van der Waals surface area contributed by atoms with Gasteiger partial charge in [0.25, 0.3) is 17.4 Å². The number of fused-ring (bicyclic) bond motifs is 2. The lowest BCUT2D eigenvalue weighted by Gasteiger charge is -2.26. The van der Waals surface area contributed by atoms with E-state index >= 15 is 0 Å². The fraction of sp³-hybridized carbons (Fsp3) is 0.135. The molecule has 0 aliphatic carbocycles. The van der Waals surface area contributed by atoms with Gasteiger partial charge >= 0.3 is 0 Å². The molecule has 3 heterocycles. The summed E-state index contributed by atoms with van der Waals surface area (Å²) in [5, 5.41) is 2.96. The number of nitrogens with zero attached hydrogens (tertiary/aromatic N) is 3. The molecule has 0 saturated heterocycles. The van der Waals surface area contributed by atoms with E-state index in [0.29, 0.717) is 56.6 Å². The second kappa shape index (κ2) is 12.7. The molecule has 1 atom stereocenters. The Kier molecular flexibility index (Phi) is 8.32.